The Morgan fingerprint density at radius 1 is 1.40 bits per heavy atom. The van der Waals surface area contributed by atoms with Gasteiger partial charge in [-0.3, -0.25) is 4.90 Å². The second-order valence-corrected chi connectivity index (χ2v) is 3.36. The molecule has 0 aromatic heterocycles. The molecule has 15 heavy (non-hydrogen) atoms. The fraction of sp³-hybridized carbons (Fsp3) is 1.00. The molecule has 1 rings (SSSR count). The molecule has 0 aromatic carbocycles. The predicted molar refractivity (Wildman–Crippen MR) is 58.2 cm³/mol. The van der Waals surface area contributed by atoms with Crippen molar-refractivity contribution in [3.05, 3.63) is 10.1 Å². The summed E-state index contributed by atoms with van der Waals surface area (Å²) < 4.78 is 0. The molecule has 90 valence electrons. The zero-order valence-electron chi connectivity index (χ0n) is 9.57. The van der Waals surface area contributed by atoms with Crippen LogP contribution in [0.1, 0.15) is 20.3 Å². The predicted octanol–water partition coefficient (Wildman–Crippen LogP) is 0.516. The van der Waals surface area contributed by atoms with E-state index in [2.05, 4.69) is 28.9 Å². The minimum Gasteiger partial charge on any atom is -0.314 e. The number of nitrogens with one attached hydrogen (secondary N) is 1. The van der Waals surface area contributed by atoms with Crippen LogP contribution in [0, 0.1) is 10.1 Å². The Labute approximate surface area is 90.7 Å². The smallest absolute Gasteiger partial charge is 0.294 e. The summed E-state index contributed by atoms with van der Waals surface area (Å²) in [6.45, 7) is 8.87. The van der Waals surface area contributed by atoms with Gasteiger partial charge >= 0.3 is 0 Å². The fourth-order valence-electron chi connectivity index (χ4n) is 1.18. The minimum atomic E-state index is -0.748. The molecule has 0 aromatic rings. The summed E-state index contributed by atoms with van der Waals surface area (Å²) in [5, 5.41) is 12.2. The van der Waals surface area contributed by atoms with E-state index >= 15 is 0 Å². The first-order valence-electron chi connectivity index (χ1n) is 5.41. The zero-order valence-corrected chi connectivity index (χ0v) is 9.57. The molecule has 0 amide bonds. The summed E-state index contributed by atoms with van der Waals surface area (Å²) in [6, 6.07) is 0. The number of rotatable bonds is 4. The first-order chi connectivity index (χ1) is 7.20. The van der Waals surface area contributed by atoms with Gasteiger partial charge in [0.25, 0.3) is 5.09 Å². The first-order valence-corrected chi connectivity index (χ1v) is 5.41. The molecule has 1 fully saturated rings. The van der Waals surface area contributed by atoms with Crippen molar-refractivity contribution < 1.29 is 9.92 Å². The summed E-state index contributed by atoms with van der Waals surface area (Å²) in [4.78, 5) is 16.1. The van der Waals surface area contributed by atoms with Crippen molar-refractivity contribution in [2.24, 2.45) is 0 Å². The van der Waals surface area contributed by atoms with E-state index in [4.69, 9.17) is 0 Å². The maximum absolute atomic E-state index is 9.79. The van der Waals surface area contributed by atoms with E-state index in [9.17, 15) is 10.1 Å². The Balaban J connectivity index is 0.000000583. The molecule has 0 saturated carbocycles. The van der Waals surface area contributed by atoms with Crippen LogP contribution in [0.4, 0.5) is 0 Å². The monoisotopic (exact) mass is 219 g/mol. The topological polar surface area (TPSA) is 67.6 Å². The summed E-state index contributed by atoms with van der Waals surface area (Å²) >= 11 is 0. The van der Waals surface area contributed by atoms with Crippen molar-refractivity contribution in [3.63, 3.8) is 0 Å². The van der Waals surface area contributed by atoms with Gasteiger partial charge in [0, 0.05) is 32.7 Å². The lowest BCUT2D eigenvalue weighted by molar-refractivity contribution is -0.757. The molecule has 6 nitrogen and oxygen atoms in total. The van der Waals surface area contributed by atoms with E-state index in [-0.39, 0.29) is 6.61 Å². The van der Waals surface area contributed by atoms with E-state index in [0.717, 1.165) is 26.2 Å². The van der Waals surface area contributed by atoms with Gasteiger partial charge in [-0.05, 0) is 0 Å². The molecule has 1 aliphatic heterocycles. The largest absolute Gasteiger partial charge is 0.314 e. The molecule has 0 unspecified atom stereocenters. The van der Waals surface area contributed by atoms with Gasteiger partial charge in [0.05, 0.1) is 0 Å². The number of nitrogens with zero attached hydrogens (tertiary/aromatic N) is 2. The Bertz CT molecular complexity index is 161. The highest BCUT2D eigenvalue weighted by molar-refractivity contribution is 4.66. The fourth-order valence-corrected chi connectivity index (χ4v) is 1.18. The molecular weight excluding hydrogens is 198 g/mol. The summed E-state index contributed by atoms with van der Waals surface area (Å²) in [6.07, 6.45) is 1.25. The minimum absolute atomic E-state index is 0.174. The molecular formula is C9H21N3O3. The second-order valence-electron chi connectivity index (χ2n) is 3.36. The lowest BCUT2D eigenvalue weighted by Gasteiger charge is -2.26. The van der Waals surface area contributed by atoms with E-state index < -0.39 is 5.09 Å². The lowest BCUT2D eigenvalue weighted by Crippen LogP contribution is -2.44. The summed E-state index contributed by atoms with van der Waals surface area (Å²) in [7, 11) is 0. The highest BCUT2D eigenvalue weighted by atomic mass is 16.9. The normalized spacial score (nSPS) is 16.4. The Morgan fingerprint density at radius 2 is 1.93 bits per heavy atom. The molecule has 6 heteroatoms. The van der Waals surface area contributed by atoms with Gasteiger partial charge in [-0.15, -0.1) is 10.1 Å². The van der Waals surface area contributed by atoms with Gasteiger partial charge in [-0.1, -0.05) is 20.3 Å². The van der Waals surface area contributed by atoms with Gasteiger partial charge in [0.15, 0.2) is 0 Å². The van der Waals surface area contributed by atoms with Gasteiger partial charge in [-0.25, -0.2) is 0 Å². The van der Waals surface area contributed by atoms with Gasteiger partial charge < -0.3 is 10.2 Å². The van der Waals surface area contributed by atoms with E-state index in [1.807, 2.05) is 0 Å². The summed E-state index contributed by atoms with van der Waals surface area (Å²) in [5.41, 5.74) is 0. The Hall–Kier alpha value is -0.880. The molecule has 0 bridgehead atoms. The summed E-state index contributed by atoms with van der Waals surface area (Å²) in [5.74, 6) is 0. The maximum Gasteiger partial charge on any atom is 0.294 e. The molecule has 1 N–H and O–H groups in total. The first kappa shape index (κ1) is 14.1. The molecule has 0 atom stereocenters. The highest BCUT2D eigenvalue weighted by Gasteiger charge is 2.08. The third-order valence-electron chi connectivity index (χ3n) is 1.81. The molecule has 1 saturated heterocycles. The van der Waals surface area contributed by atoms with Crippen LogP contribution >= 0.6 is 0 Å². The van der Waals surface area contributed by atoms with E-state index in [1.165, 1.54) is 6.42 Å². The van der Waals surface area contributed by atoms with Crippen LogP contribution in [0.25, 0.3) is 0 Å². The van der Waals surface area contributed by atoms with Crippen molar-refractivity contribution in [1.82, 2.24) is 10.2 Å². The average molecular weight is 219 g/mol. The van der Waals surface area contributed by atoms with Crippen molar-refractivity contribution in [2.45, 2.75) is 20.3 Å². The molecule has 0 aliphatic carbocycles. The van der Waals surface area contributed by atoms with E-state index in [0.29, 0.717) is 6.54 Å². The van der Waals surface area contributed by atoms with Crippen LogP contribution in [0.3, 0.4) is 0 Å². The quantitative estimate of drug-likeness (QED) is 0.551. The average Bonchev–Trinajstić information content (AvgIpc) is 2.20. The third-order valence-corrected chi connectivity index (χ3v) is 1.81. The van der Waals surface area contributed by atoms with Crippen LogP contribution in [-0.4, -0.2) is 49.3 Å². The number of hydrogen-bond acceptors (Lipinski definition) is 5. The van der Waals surface area contributed by atoms with Crippen LogP contribution in [0.5, 0.6) is 0 Å². The van der Waals surface area contributed by atoms with Crippen LogP contribution in [0.2, 0.25) is 0 Å². The van der Waals surface area contributed by atoms with Crippen LogP contribution in [0.15, 0.2) is 0 Å². The molecule has 0 radical (unpaired) electrons. The molecule has 0 spiro atoms. The zero-order chi connectivity index (χ0) is 11.5. The Morgan fingerprint density at radius 3 is 2.40 bits per heavy atom. The van der Waals surface area contributed by atoms with Crippen molar-refractivity contribution >= 4 is 0 Å². The van der Waals surface area contributed by atoms with Gasteiger partial charge in [0.2, 0.25) is 0 Å². The van der Waals surface area contributed by atoms with Crippen molar-refractivity contribution in [3.8, 4) is 0 Å². The van der Waals surface area contributed by atoms with Gasteiger partial charge in [0.1, 0.15) is 6.61 Å². The molecule has 1 heterocycles. The van der Waals surface area contributed by atoms with Crippen LogP contribution in [-0.2, 0) is 4.84 Å². The lowest BCUT2D eigenvalue weighted by atomic mass is 10.4. The van der Waals surface area contributed by atoms with Crippen molar-refractivity contribution in [2.75, 3.05) is 39.3 Å². The number of hydrogen-bond donors (Lipinski definition) is 1. The standard InChI is InChI=1S/C6H13N3O3.C3H8/c10-9(11)12-6-5-8-3-1-7-2-4-8;1-3-2/h7H,1-6H2;3H2,1-2H3. The maximum atomic E-state index is 9.79. The highest BCUT2D eigenvalue weighted by Crippen LogP contribution is 1.91. The van der Waals surface area contributed by atoms with Crippen LogP contribution < -0.4 is 5.32 Å². The Kier molecular flexibility index (Phi) is 9.10. The SMILES string of the molecule is CCC.O=[N+]([O-])OCCN1CCNCC1. The van der Waals surface area contributed by atoms with E-state index in [1.54, 1.807) is 0 Å². The van der Waals surface area contributed by atoms with Gasteiger partial charge in [-0.2, -0.15) is 0 Å². The van der Waals surface area contributed by atoms with Crippen molar-refractivity contribution in [1.29, 1.82) is 0 Å². The third kappa shape index (κ3) is 9.42. The number of piperazine rings is 1. The second kappa shape index (κ2) is 9.67. The molecule has 1 aliphatic rings.